The van der Waals surface area contributed by atoms with Gasteiger partial charge < -0.3 is 0 Å². The minimum atomic E-state index is -0.0114. The van der Waals surface area contributed by atoms with Crippen LogP contribution < -0.4 is 5.56 Å². The number of thioether (sulfide) groups is 1. The van der Waals surface area contributed by atoms with Gasteiger partial charge in [-0.15, -0.1) is 0 Å². The Morgan fingerprint density at radius 3 is 2.54 bits per heavy atom. The number of para-hydroxylation sites is 2. The molecule has 4 aromatic rings. The summed E-state index contributed by atoms with van der Waals surface area (Å²) >= 11 is 1.59. The van der Waals surface area contributed by atoms with Crippen molar-refractivity contribution in [3.05, 3.63) is 76.8 Å². The van der Waals surface area contributed by atoms with Crippen molar-refractivity contribution in [1.29, 1.82) is 0 Å². The highest BCUT2D eigenvalue weighted by atomic mass is 32.2. The Kier molecular flexibility index (Phi) is 3.78. The van der Waals surface area contributed by atoms with Crippen LogP contribution in [0.25, 0.3) is 21.8 Å². The molecule has 24 heavy (non-hydrogen) atoms. The van der Waals surface area contributed by atoms with E-state index in [4.69, 9.17) is 0 Å². The van der Waals surface area contributed by atoms with Gasteiger partial charge in [0, 0.05) is 12.4 Å². The second kappa shape index (κ2) is 6.09. The minimum absolute atomic E-state index is 0.0114. The van der Waals surface area contributed by atoms with Gasteiger partial charge in [0.2, 0.25) is 0 Å². The maximum atomic E-state index is 12.4. The molecule has 0 bridgehead atoms. The summed E-state index contributed by atoms with van der Waals surface area (Å²) in [6.07, 6.45) is 0. The first kappa shape index (κ1) is 14.9. The van der Waals surface area contributed by atoms with E-state index in [2.05, 4.69) is 16.0 Å². The molecule has 5 heteroatoms. The van der Waals surface area contributed by atoms with E-state index < -0.39 is 0 Å². The normalized spacial score (nSPS) is 11.2. The number of hydrogen-bond acceptors (Lipinski definition) is 4. The van der Waals surface area contributed by atoms with Gasteiger partial charge in [-0.05, 0) is 24.3 Å². The van der Waals surface area contributed by atoms with Crippen LogP contribution >= 0.6 is 11.8 Å². The average Bonchev–Trinajstić information content (AvgIpc) is 2.63. The lowest BCUT2D eigenvalue weighted by molar-refractivity contribution is 0.785. The van der Waals surface area contributed by atoms with E-state index in [-0.39, 0.29) is 5.56 Å². The van der Waals surface area contributed by atoms with Gasteiger partial charge in [-0.2, -0.15) is 0 Å². The summed E-state index contributed by atoms with van der Waals surface area (Å²) in [6.45, 7) is 0. The average molecular weight is 333 g/mol. The molecule has 0 aliphatic rings. The Morgan fingerprint density at radius 1 is 0.917 bits per heavy atom. The number of pyridine rings is 1. The molecule has 0 saturated carbocycles. The first-order valence-corrected chi connectivity index (χ1v) is 8.64. The summed E-state index contributed by atoms with van der Waals surface area (Å²) in [5, 5.41) is 2.70. The van der Waals surface area contributed by atoms with E-state index in [0.29, 0.717) is 11.1 Å². The van der Waals surface area contributed by atoms with Gasteiger partial charge in [0.25, 0.3) is 5.56 Å². The highest BCUT2D eigenvalue weighted by molar-refractivity contribution is 7.98. The first-order valence-electron chi connectivity index (χ1n) is 7.65. The number of nitrogens with zero attached hydrogens (tertiary/aromatic N) is 3. The Labute approximate surface area is 143 Å². The van der Waals surface area contributed by atoms with Crippen LogP contribution in [0.1, 0.15) is 5.82 Å². The zero-order valence-corrected chi connectivity index (χ0v) is 14.0. The Hall–Kier alpha value is -2.66. The molecule has 0 fully saturated rings. The van der Waals surface area contributed by atoms with Crippen LogP contribution in [0.4, 0.5) is 0 Å². The van der Waals surface area contributed by atoms with Gasteiger partial charge in [-0.3, -0.25) is 9.36 Å². The van der Waals surface area contributed by atoms with Crippen LogP contribution in [-0.2, 0) is 12.8 Å². The van der Waals surface area contributed by atoms with Crippen LogP contribution in [-0.4, -0.2) is 14.5 Å². The fraction of sp³-hybridized carbons (Fsp3) is 0.105. The second-order valence-corrected chi connectivity index (χ2v) is 6.54. The highest BCUT2D eigenvalue weighted by Crippen LogP contribution is 2.23. The van der Waals surface area contributed by atoms with E-state index in [1.165, 1.54) is 0 Å². The van der Waals surface area contributed by atoms with Crippen molar-refractivity contribution in [2.45, 2.75) is 10.8 Å². The number of hydrogen-bond donors (Lipinski definition) is 0. The van der Waals surface area contributed by atoms with E-state index in [1.807, 2.05) is 54.6 Å². The predicted octanol–water partition coefficient (Wildman–Crippen LogP) is 3.77. The Balaban J connectivity index is 1.66. The third kappa shape index (κ3) is 2.67. The van der Waals surface area contributed by atoms with Crippen LogP contribution in [0.2, 0.25) is 0 Å². The zero-order chi connectivity index (χ0) is 16.5. The maximum absolute atomic E-state index is 12.4. The number of benzene rings is 2. The van der Waals surface area contributed by atoms with Crippen LogP contribution in [0, 0.1) is 0 Å². The van der Waals surface area contributed by atoms with Gasteiger partial charge in [-0.25, -0.2) is 9.97 Å². The summed E-state index contributed by atoms with van der Waals surface area (Å²) < 4.78 is 1.62. The van der Waals surface area contributed by atoms with Crippen molar-refractivity contribution in [2.75, 3.05) is 0 Å². The van der Waals surface area contributed by atoms with Crippen LogP contribution in [0.3, 0.4) is 0 Å². The molecule has 4 rings (SSSR count). The monoisotopic (exact) mass is 333 g/mol. The summed E-state index contributed by atoms with van der Waals surface area (Å²) in [7, 11) is 1.77. The maximum Gasteiger partial charge on any atom is 0.261 e. The molecule has 0 N–H and O–H groups in total. The molecule has 4 nitrogen and oxygen atoms in total. The van der Waals surface area contributed by atoms with Crippen LogP contribution in [0.5, 0.6) is 0 Å². The lowest BCUT2D eigenvalue weighted by Gasteiger charge is -2.09. The SMILES string of the molecule is Cn1c(CSc2ccc3ccccc3n2)nc2ccccc2c1=O. The highest BCUT2D eigenvalue weighted by Gasteiger charge is 2.09. The predicted molar refractivity (Wildman–Crippen MR) is 98.3 cm³/mol. The molecule has 0 atom stereocenters. The molecule has 0 aliphatic heterocycles. The second-order valence-electron chi connectivity index (χ2n) is 5.54. The zero-order valence-electron chi connectivity index (χ0n) is 13.1. The number of aromatic nitrogens is 3. The molecule has 0 spiro atoms. The van der Waals surface area contributed by atoms with Gasteiger partial charge in [0.1, 0.15) is 5.82 Å². The van der Waals surface area contributed by atoms with E-state index in [9.17, 15) is 4.79 Å². The van der Waals surface area contributed by atoms with Gasteiger partial charge in [0.15, 0.2) is 0 Å². The van der Waals surface area contributed by atoms with E-state index >= 15 is 0 Å². The molecular weight excluding hydrogens is 318 g/mol. The fourth-order valence-corrected chi connectivity index (χ4v) is 3.52. The smallest absolute Gasteiger partial charge is 0.261 e. The van der Waals surface area contributed by atoms with Crippen molar-refractivity contribution in [2.24, 2.45) is 7.05 Å². The molecule has 2 aromatic heterocycles. The van der Waals surface area contributed by atoms with Crippen LogP contribution in [0.15, 0.2) is 70.5 Å². The van der Waals surface area contributed by atoms with E-state index in [1.54, 1.807) is 23.4 Å². The summed E-state index contributed by atoms with van der Waals surface area (Å²) in [5.41, 5.74) is 1.70. The van der Waals surface area contributed by atoms with Crippen molar-refractivity contribution in [3.63, 3.8) is 0 Å². The van der Waals surface area contributed by atoms with Gasteiger partial charge in [-0.1, -0.05) is 48.2 Å². The fourth-order valence-electron chi connectivity index (χ4n) is 2.66. The summed E-state index contributed by atoms with van der Waals surface area (Å²) in [6, 6.07) is 19.6. The molecule has 0 aliphatic carbocycles. The minimum Gasteiger partial charge on any atom is -0.299 e. The molecule has 0 radical (unpaired) electrons. The molecule has 0 amide bonds. The third-order valence-corrected chi connectivity index (χ3v) is 4.92. The molecule has 0 unspecified atom stereocenters. The summed E-state index contributed by atoms with van der Waals surface area (Å²) in [4.78, 5) is 21.7. The standard InChI is InChI=1S/C19H15N3OS/c1-22-17(20-16-9-5-3-7-14(16)19(22)23)12-24-18-11-10-13-6-2-4-8-15(13)21-18/h2-11H,12H2,1H3. The largest absolute Gasteiger partial charge is 0.299 e. The number of rotatable bonds is 3. The molecular formula is C19H15N3OS. The lowest BCUT2D eigenvalue weighted by atomic mass is 10.2. The lowest BCUT2D eigenvalue weighted by Crippen LogP contribution is -2.21. The first-order chi connectivity index (χ1) is 11.7. The molecule has 2 aromatic carbocycles. The van der Waals surface area contributed by atoms with Gasteiger partial charge in [0.05, 0.1) is 27.2 Å². The molecule has 2 heterocycles. The molecule has 0 saturated heterocycles. The topological polar surface area (TPSA) is 47.8 Å². The summed E-state index contributed by atoms with van der Waals surface area (Å²) in [5.74, 6) is 1.35. The quantitative estimate of drug-likeness (QED) is 0.535. The number of fused-ring (bicyclic) bond motifs is 2. The van der Waals surface area contributed by atoms with E-state index in [0.717, 1.165) is 27.3 Å². The Morgan fingerprint density at radius 2 is 1.67 bits per heavy atom. The van der Waals surface area contributed by atoms with Gasteiger partial charge >= 0.3 is 0 Å². The Bertz CT molecular complexity index is 1100. The van der Waals surface area contributed by atoms with Crippen molar-refractivity contribution in [1.82, 2.24) is 14.5 Å². The third-order valence-electron chi connectivity index (χ3n) is 4.00. The molecule has 118 valence electrons. The van der Waals surface area contributed by atoms with Crippen molar-refractivity contribution >= 4 is 33.6 Å². The van der Waals surface area contributed by atoms with Crippen molar-refractivity contribution < 1.29 is 0 Å². The van der Waals surface area contributed by atoms with Crippen molar-refractivity contribution in [3.8, 4) is 0 Å².